The smallest absolute Gasteiger partial charge is 0.131 e. The zero-order valence-electron chi connectivity index (χ0n) is 20.0. The summed E-state index contributed by atoms with van der Waals surface area (Å²) < 4.78 is 1.19. The number of rotatable bonds is 4. The molecular formula is C32H24N4S. The van der Waals surface area contributed by atoms with E-state index in [1.165, 1.54) is 15.6 Å². The second-order valence-corrected chi connectivity index (χ2v) is 10.2. The van der Waals surface area contributed by atoms with Gasteiger partial charge in [-0.05, 0) is 28.6 Å². The Kier molecular flexibility index (Phi) is 5.50. The van der Waals surface area contributed by atoms with Gasteiger partial charge in [0.2, 0.25) is 0 Å². The summed E-state index contributed by atoms with van der Waals surface area (Å²) >= 11 is 1.74. The lowest BCUT2D eigenvalue weighted by Crippen LogP contribution is -2.44. The molecule has 5 heteroatoms. The molecule has 1 aliphatic heterocycles. The van der Waals surface area contributed by atoms with Crippen LogP contribution >= 0.6 is 11.3 Å². The number of hydrogen-bond donors (Lipinski definition) is 2. The predicted octanol–water partition coefficient (Wildman–Crippen LogP) is 7.45. The maximum Gasteiger partial charge on any atom is 0.131 e. The summed E-state index contributed by atoms with van der Waals surface area (Å²) in [4.78, 5) is 10.2. The van der Waals surface area contributed by atoms with Gasteiger partial charge in [0.05, 0.1) is 10.2 Å². The fourth-order valence-corrected chi connectivity index (χ4v) is 5.88. The van der Waals surface area contributed by atoms with Crippen LogP contribution < -0.4 is 10.6 Å². The Bertz CT molecular complexity index is 1730. The highest BCUT2D eigenvalue weighted by Crippen LogP contribution is 2.36. The lowest BCUT2D eigenvalue weighted by molar-refractivity contribution is 0.409. The molecule has 2 atom stereocenters. The van der Waals surface area contributed by atoms with Gasteiger partial charge in [-0.3, -0.25) is 5.32 Å². The van der Waals surface area contributed by atoms with Crippen molar-refractivity contribution in [3.05, 3.63) is 138 Å². The Morgan fingerprint density at radius 2 is 1.32 bits per heavy atom. The molecule has 6 aromatic rings. The normalized spacial score (nSPS) is 17.5. The molecular weight excluding hydrogens is 472 g/mol. The lowest BCUT2D eigenvalue weighted by atomic mass is 10.0. The van der Waals surface area contributed by atoms with Crippen molar-refractivity contribution in [2.75, 3.05) is 0 Å². The maximum atomic E-state index is 5.11. The summed E-state index contributed by atoms with van der Waals surface area (Å²) in [6, 6.07) is 42.2. The SMILES string of the molecule is c1ccc(C2=NC(c3ccc4ccc5sc(-c6ccccc6)nc5c4c3)NC(c3ccccc3)N2)cc1. The van der Waals surface area contributed by atoms with Crippen molar-refractivity contribution in [1.82, 2.24) is 15.6 Å². The van der Waals surface area contributed by atoms with Crippen molar-refractivity contribution in [2.45, 2.75) is 12.3 Å². The number of hydrogen-bond acceptors (Lipinski definition) is 5. The molecule has 1 aromatic heterocycles. The highest BCUT2D eigenvalue weighted by molar-refractivity contribution is 7.21. The summed E-state index contributed by atoms with van der Waals surface area (Å²) in [7, 11) is 0. The monoisotopic (exact) mass is 496 g/mol. The first-order valence-corrected chi connectivity index (χ1v) is 13.2. The van der Waals surface area contributed by atoms with Crippen molar-refractivity contribution in [1.29, 1.82) is 0 Å². The fraction of sp³-hybridized carbons (Fsp3) is 0.0625. The van der Waals surface area contributed by atoms with Crippen LogP contribution in [0.3, 0.4) is 0 Å². The maximum absolute atomic E-state index is 5.11. The van der Waals surface area contributed by atoms with Crippen LogP contribution in [0.4, 0.5) is 0 Å². The molecule has 0 fully saturated rings. The molecule has 0 aliphatic carbocycles. The summed E-state index contributed by atoms with van der Waals surface area (Å²) in [6.07, 6.45) is -0.261. The number of nitrogens with one attached hydrogen (secondary N) is 2. The van der Waals surface area contributed by atoms with E-state index in [4.69, 9.17) is 9.98 Å². The number of nitrogens with zero attached hydrogens (tertiary/aromatic N) is 2. The first kappa shape index (κ1) is 21.9. The number of thiazole rings is 1. The van der Waals surface area contributed by atoms with E-state index in [0.29, 0.717) is 0 Å². The second-order valence-electron chi connectivity index (χ2n) is 9.18. The molecule has 0 saturated heterocycles. The van der Waals surface area contributed by atoms with Crippen LogP contribution in [0, 0.1) is 0 Å². The van der Waals surface area contributed by atoms with Crippen molar-refractivity contribution in [2.24, 2.45) is 4.99 Å². The van der Waals surface area contributed by atoms with Crippen LogP contribution in [-0.4, -0.2) is 10.8 Å². The van der Waals surface area contributed by atoms with Gasteiger partial charge < -0.3 is 5.32 Å². The second kappa shape index (κ2) is 9.28. The van der Waals surface area contributed by atoms with Gasteiger partial charge in [0.1, 0.15) is 23.2 Å². The average molecular weight is 497 g/mol. The zero-order chi connectivity index (χ0) is 24.6. The van der Waals surface area contributed by atoms with E-state index in [0.717, 1.165) is 38.4 Å². The third-order valence-electron chi connectivity index (χ3n) is 6.78. The van der Waals surface area contributed by atoms with Gasteiger partial charge in [-0.2, -0.15) is 0 Å². The molecule has 178 valence electrons. The van der Waals surface area contributed by atoms with Crippen molar-refractivity contribution in [3.63, 3.8) is 0 Å². The number of benzene rings is 5. The Balaban J connectivity index is 1.34. The van der Waals surface area contributed by atoms with Gasteiger partial charge in [0.25, 0.3) is 0 Å². The van der Waals surface area contributed by atoms with E-state index in [9.17, 15) is 0 Å². The first-order chi connectivity index (χ1) is 18.3. The van der Waals surface area contributed by atoms with Crippen LogP contribution in [0.1, 0.15) is 29.0 Å². The third kappa shape index (κ3) is 4.18. The van der Waals surface area contributed by atoms with E-state index >= 15 is 0 Å². The number of aliphatic imine (C=N–C) groups is 1. The molecule has 2 heterocycles. The molecule has 37 heavy (non-hydrogen) atoms. The quantitative estimate of drug-likeness (QED) is 0.266. The molecule has 0 amide bonds. The molecule has 0 spiro atoms. The molecule has 2 unspecified atom stereocenters. The lowest BCUT2D eigenvalue weighted by Gasteiger charge is -2.32. The molecule has 4 nitrogen and oxygen atoms in total. The molecule has 7 rings (SSSR count). The molecule has 2 N–H and O–H groups in total. The molecule has 0 bridgehead atoms. The summed E-state index contributed by atoms with van der Waals surface area (Å²) in [5.74, 6) is 0.886. The van der Waals surface area contributed by atoms with Gasteiger partial charge in [0.15, 0.2) is 0 Å². The van der Waals surface area contributed by atoms with E-state index in [2.05, 4.69) is 102 Å². The van der Waals surface area contributed by atoms with Crippen molar-refractivity contribution >= 4 is 38.2 Å². The molecule has 5 aromatic carbocycles. The Labute approximate surface area is 219 Å². The largest absolute Gasteiger partial charge is 0.350 e. The Hall–Kier alpha value is -4.32. The topological polar surface area (TPSA) is 49.3 Å². The van der Waals surface area contributed by atoms with Crippen LogP contribution in [0.5, 0.6) is 0 Å². The average Bonchev–Trinajstić information content (AvgIpc) is 3.43. The van der Waals surface area contributed by atoms with Crippen LogP contribution in [0.15, 0.2) is 126 Å². The fourth-order valence-electron chi connectivity index (χ4n) is 4.89. The van der Waals surface area contributed by atoms with Gasteiger partial charge in [-0.25, -0.2) is 9.98 Å². The summed E-state index contributed by atoms with van der Waals surface area (Å²) in [5.41, 5.74) is 5.56. The van der Waals surface area contributed by atoms with Crippen molar-refractivity contribution in [3.8, 4) is 10.6 Å². The van der Waals surface area contributed by atoms with Gasteiger partial charge in [-0.15, -0.1) is 11.3 Å². The molecule has 1 aliphatic rings. The van der Waals surface area contributed by atoms with Crippen LogP contribution in [0.25, 0.3) is 31.6 Å². The van der Waals surface area contributed by atoms with Crippen LogP contribution in [0.2, 0.25) is 0 Å². The van der Waals surface area contributed by atoms with E-state index in [1.54, 1.807) is 11.3 Å². The third-order valence-corrected chi connectivity index (χ3v) is 7.85. The number of aromatic nitrogens is 1. The van der Waals surface area contributed by atoms with E-state index < -0.39 is 0 Å². The van der Waals surface area contributed by atoms with Crippen LogP contribution in [-0.2, 0) is 0 Å². The van der Waals surface area contributed by atoms with Gasteiger partial charge >= 0.3 is 0 Å². The summed E-state index contributed by atoms with van der Waals surface area (Å²) in [6.45, 7) is 0. The minimum absolute atomic E-state index is 0.0608. The first-order valence-electron chi connectivity index (χ1n) is 12.4. The number of amidine groups is 1. The van der Waals surface area contributed by atoms with Crippen molar-refractivity contribution < 1.29 is 0 Å². The molecule has 0 radical (unpaired) electrons. The van der Waals surface area contributed by atoms with E-state index in [-0.39, 0.29) is 12.3 Å². The number of fused-ring (bicyclic) bond motifs is 3. The molecule has 0 saturated carbocycles. The van der Waals surface area contributed by atoms with Gasteiger partial charge in [0, 0.05) is 16.5 Å². The standard InChI is InChI=1S/C32H24N4S/c1-4-10-22(11-5-1)29-34-30(23-12-6-2-7-13-23)36-31(35-29)25-17-16-21-18-19-27-28(26(21)20-25)33-32(37-27)24-14-8-3-9-15-24/h1-20,29,31,35H,(H,34,36). The van der Waals surface area contributed by atoms with E-state index in [1.807, 2.05) is 30.3 Å². The van der Waals surface area contributed by atoms with Gasteiger partial charge in [-0.1, -0.05) is 109 Å². The summed E-state index contributed by atoms with van der Waals surface area (Å²) in [5, 5.41) is 10.7. The minimum atomic E-state index is -0.200. The minimum Gasteiger partial charge on any atom is -0.350 e. The zero-order valence-corrected chi connectivity index (χ0v) is 20.8. The highest BCUT2D eigenvalue weighted by atomic mass is 32.1. The Morgan fingerprint density at radius 3 is 2.08 bits per heavy atom. The predicted molar refractivity (Wildman–Crippen MR) is 154 cm³/mol. The Morgan fingerprint density at radius 1 is 0.649 bits per heavy atom. The highest BCUT2D eigenvalue weighted by Gasteiger charge is 2.25.